The fourth-order valence-electron chi connectivity index (χ4n) is 3.05. The number of nitrogens with zero attached hydrogens (tertiary/aromatic N) is 1. The molecule has 0 aliphatic heterocycles. The zero-order valence-corrected chi connectivity index (χ0v) is 14.2. The molecule has 0 saturated heterocycles. The molecule has 3 nitrogen and oxygen atoms in total. The van der Waals surface area contributed by atoms with E-state index >= 15 is 0 Å². The van der Waals surface area contributed by atoms with E-state index in [0.29, 0.717) is 30.0 Å². The van der Waals surface area contributed by atoms with Crippen LogP contribution in [0.3, 0.4) is 0 Å². The number of rotatable bonds is 5. The largest absolute Gasteiger partial charge is 0.440 e. The van der Waals surface area contributed by atoms with Gasteiger partial charge in [0, 0.05) is 18.5 Å². The van der Waals surface area contributed by atoms with Crippen LogP contribution in [0, 0.1) is 5.92 Å². The molecule has 132 valence electrons. The normalized spacial score (nSPS) is 17.5. The third-order valence-corrected chi connectivity index (χ3v) is 4.85. The van der Waals surface area contributed by atoms with E-state index in [4.69, 9.17) is 4.42 Å². The standard InChI is InChI=1S/C18H23F3N2O/c1-10(2)17-23-15-8-12(9-22-11(3)13-5-4-6-13)7-14(16(15)24-17)18(19,20)21/h7-8,10-11,13,22H,4-6,9H2,1-3H3/t11-/m0/s1. The number of halogens is 3. The molecule has 1 aliphatic rings. The van der Waals surface area contributed by atoms with E-state index in [-0.39, 0.29) is 17.0 Å². The Hall–Kier alpha value is -1.56. The van der Waals surface area contributed by atoms with Gasteiger partial charge in [0.2, 0.25) is 0 Å². The van der Waals surface area contributed by atoms with E-state index in [2.05, 4.69) is 17.2 Å². The first-order chi connectivity index (χ1) is 11.3. The maximum atomic E-state index is 13.4. The maximum absolute atomic E-state index is 13.4. The lowest BCUT2D eigenvalue weighted by atomic mass is 9.80. The fraction of sp³-hybridized carbons (Fsp3) is 0.611. The van der Waals surface area contributed by atoms with Gasteiger partial charge in [0.25, 0.3) is 0 Å². The Kier molecular flexibility index (Phi) is 4.60. The summed E-state index contributed by atoms with van der Waals surface area (Å²) < 4.78 is 45.6. The minimum Gasteiger partial charge on any atom is -0.440 e. The van der Waals surface area contributed by atoms with Crippen molar-refractivity contribution in [3.05, 3.63) is 29.2 Å². The summed E-state index contributed by atoms with van der Waals surface area (Å²) in [4.78, 5) is 4.24. The third-order valence-electron chi connectivity index (χ3n) is 4.85. The molecule has 0 unspecified atom stereocenters. The lowest BCUT2D eigenvalue weighted by Crippen LogP contribution is -2.36. The third kappa shape index (κ3) is 3.43. The number of hydrogen-bond donors (Lipinski definition) is 1. The average molecular weight is 340 g/mol. The van der Waals surface area contributed by atoms with Gasteiger partial charge in [-0.1, -0.05) is 20.3 Å². The first-order valence-electron chi connectivity index (χ1n) is 8.49. The molecule has 1 saturated carbocycles. The van der Waals surface area contributed by atoms with Gasteiger partial charge in [0.15, 0.2) is 11.5 Å². The first-order valence-corrected chi connectivity index (χ1v) is 8.49. The summed E-state index contributed by atoms with van der Waals surface area (Å²) in [5.74, 6) is 0.914. The van der Waals surface area contributed by atoms with Crippen LogP contribution in [0.1, 0.15) is 63.0 Å². The minimum absolute atomic E-state index is 0.0568. The van der Waals surface area contributed by atoms with Gasteiger partial charge in [0.05, 0.1) is 0 Å². The Labute approximate surface area is 139 Å². The molecular formula is C18H23F3N2O. The van der Waals surface area contributed by atoms with Crippen LogP contribution in [0.5, 0.6) is 0 Å². The van der Waals surface area contributed by atoms with Gasteiger partial charge in [-0.2, -0.15) is 13.2 Å². The van der Waals surface area contributed by atoms with Crippen LogP contribution in [0.4, 0.5) is 13.2 Å². The topological polar surface area (TPSA) is 38.1 Å². The van der Waals surface area contributed by atoms with Crippen molar-refractivity contribution in [2.45, 2.75) is 64.7 Å². The number of alkyl halides is 3. The SMILES string of the molecule is CC(C)c1nc2cc(CN[C@@H](C)C3CCC3)cc(C(F)(F)F)c2o1. The zero-order chi connectivity index (χ0) is 17.5. The molecule has 1 fully saturated rings. The molecule has 2 aromatic rings. The predicted molar refractivity (Wildman–Crippen MR) is 86.7 cm³/mol. The van der Waals surface area contributed by atoms with Gasteiger partial charge < -0.3 is 9.73 Å². The number of oxazole rings is 1. The van der Waals surface area contributed by atoms with Gasteiger partial charge >= 0.3 is 6.18 Å². The lowest BCUT2D eigenvalue weighted by molar-refractivity contribution is -0.136. The number of nitrogens with one attached hydrogen (secondary N) is 1. The molecule has 0 radical (unpaired) electrons. The Morgan fingerprint density at radius 1 is 1.25 bits per heavy atom. The number of fused-ring (bicyclic) bond motifs is 1. The second-order valence-corrected chi connectivity index (χ2v) is 7.06. The molecular weight excluding hydrogens is 317 g/mol. The van der Waals surface area contributed by atoms with Crippen molar-refractivity contribution in [2.24, 2.45) is 5.92 Å². The van der Waals surface area contributed by atoms with Crippen molar-refractivity contribution >= 4 is 11.1 Å². The second kappa shape index (κ2) is 6.39. The molecule has 0 spiro atoms. The average Bonchev–Trinajstić information content (AvgIpc) is 2.85. The van der Waals surface area contributed by atoms with Gasteiger partial charge in [0.1, 0.15) is 11.1 Å². The summed E-state index contributed by atoms with van der Waals surface area (Å²) in [5.41, 5.74) is -0.0410. The second-order valence-electron chi connectivity index (χ2n) is 7.06. The molecule has 1 N–H and O–H groups in total. The monoisotopic (exact) mass is 340 g/mol. The van der Waals surface area contributed by atoms with Gasteiger partial charge in [-0.05, 0) is 43.4 Å². The molecule has 3 rings (SSSR count). The van der Waals surface area contributed by atoms with Crippen LogP contribution >= 0.6 is 0 Å². The van der Waals surface area contributed by atoms with Crippen molar-refractivity contribution in [1.82, 2.24) is 10.3 Å². The summed E-state index contributed by atoms with van der Waals surface area (Å²) in [7, 11) is 0. The van der Waals surface area contributed by atoms with Crippen molar-refractivity contribution in [3.63, 3.8) is 0 Å². The maximum Gasteiger partial charge on any atom is 0.420 e. The van der Waals surface area contributed by atoms with E-state index in [1.54, 1.807) is 6.07 Å². The highest BCUT2D eigenvalue weighted by Crippen LogP contribution is 2.37. The molecule has 24 heavy (non-hydrogen) atoms. The zero-order valence-electron chi connectivity index (χ0n) is 14.2. The van der Waals surface area contributed by atoms with Gasteiger partial charge in [-0.3, -0.25) is 0 Å². The smallest absolute Gasteiger partial charge is 0.420 e. The van der Waals surface area contributed by atoms with E-state index in [1.807, 2.05) is 13.8 Å². The summed E-state index contributed by atoms with van der Waals surface area (Å²) in [5, 5.41) is 3.35. The molecule has 1 aromatic carbocycles. The summed E-state index contributed by atoms with van der Waals surface area (Å²) in [6.07, 6.45) is -0.816. The number of benzene rings is 1. The predicted octanol–water partition coefficient (Wildman–Crippen LogP) is 5.25. The Bertz CT molecular complexity index is 717. The van der Waals surface area contributed by atoms with Crippen molar-refractivity contribution < 1.29 is 17.6 Å². The minimum atomic E-state index is -4.46. The Morgan fingerprint density at radius 3 is 2.50 bits per heavy atom. The van der Waals surface area contributed by atoms with Crippen LogP contribution in [0.2, 0.25) is 0 Å². The highest BCUT2D eigenvalue weighted by Gasteiger charge is 2.35. The van der Waals surface area contributed by atoms with Crippen LogP contribution in [-0.2, 0) is 12.7 Å². The van der Waals surface area contributed by atoms with Gasteiger partial charge in [-0.15, -0.1) is 0 Å². The molecule has 1 heterocycles. The molecule has 1 aromatic heterocycles. The van der Waals surface area contributed by atoms with E-state index in [1.165, 1.54) is 25.3 Å². The van der Waals surface area contributed by atoms with Crippen LogP contribution < -0.4 is 5.32 Å². The number of aromatic nitrogens is 1. The molecule has 6 heteroatoms. The lowest BCUT2D eigenvalue weighted by Gasteiger charge is -2.32. The van der Waals surface area contributed by atoms with Crippen LogP contribution in [0.25, 0.3) is 11.1 Å². The first kappa shape index (κ1) is 17.3. The molecule has 0 bridgehead atoms. The Morgan fingerprint density at radius 2 is 1.96 bits per heavy atom. The molecule has 1 atom stereocenters. The highest BCUT2D eigenvalue weighted by atomic mass is 19.4. The summed E-state index contributed by atoms with van der Waals surface area (Å²) in [6.45, 7) is 6.20. The quantitative estimate of drug-likeness (QED) is 0.808. The number of hydrogen-bond acceptors (Lipinski definition) is 3. The van der Waals surface area contributed by atoms with E-state index in [9.17, 15) is 13.2 Å². The van der Waals surface area contributed by atoms with Crippen molar-refractivity contribution in [1.29, 1.82) is 0 Å². The summed E-state index contributed by atoms with van der Waals surface area (Å²) in [6, 6.07) is 3.19. The highest BCUT2D eigenvalue weighted by molar-refractivity contribution is 5.78. The van der Waals surface area contributed by atoms with E-state index in [0.717, 1.165) is 0 Å². The summed E-state index contributed by atoms with van der Waals surface area (Å²) >= 11 is 0. The van der Waals surface area contributed by atoms with Gasteiger partial charge in [-0.25, -0.2) is 4.98 Å². The fourth-order valence-corrected chi connectivity index (χ4v) is 3.05. The Balaban J connectivity index is 1.90. The molecule has 0 amide bonds. The molecule has 1 aliphatic carbocycles. The van der Waals surface area contributed by atoms with Crippen LogP contribution in [-0.4, -0.2) is 11.0 Å². The van der Waals surface area contributed by atoms with Crippen molar-refractivity contribution in [2.75, 3.05) is 0 Å². The van der Waals surface area contributed by atoms with E-state index < -0.39 is 11.7 Å². The van der Waals surface area contributed by atoms with Crippen molar-refractivity contribution in [3.8, 4) is 0 Å². The van der Waals surface area contributed by atoms with Crippen LogP contribution in [0.15, 0.2) is 16.5 Å².